The molecule has 0 aromatic carbocycles. The van der Waals surface area contributed by atoms with Gasteiger partial charge in [-0.3, -0.25) is 4.79 Å². The number of carboxylic acid groups (broad SMARTS) is 1. The Morgan fingerprint density at radius 1 is 1.33 bits per heavy atom. The first-order valence-corrected chi connectivity index (χ1v) is 8.78. The van der Waals surface area contributed by atoms with E-state index in [0.717, 1.165) is 44.8 Å². The van der Waals surface area contributed by atoms with Crippen molar-refractivity contribution in [2.24, 2.45) is 5.92 Å². The molecule has 1 aliphatic rings. The predicted octanol–water partition coefficient (Wildman–Crippen LogP) is 3.12. The van der Waals surface area contributed by atoms with Crippen LogP contribution in [0.25, 0.3) is 0 Å². The molecule has 0 spiro atoms. The summed E-state index contributed by atoms with van der Waals surface area (Å²) in [6.07, 6.45) is 7.44. The summed E-state index contributed by atoms with van der Waals surface area (Å²) in [7, 11) is 0. The molecule has 1 unspecified atom stereocenters. The van der Waals surface area contributed by atoms with Gasteiger partial charge in [0.1, 0.15) is 5.54 Å². The third-order valence-electron chi connectivity index (χ3n) is 4.99. The number of hydrogen-bond donors (Lipinski definition) is 2. The standard InChI is InChI=1S/C17H34N2O2/c1-4-12-18-17(5-2,16(20)21)11-8-13-19(6-3)14-15-9-7-10-15/h15,18H,4-14H2,1-3H3,(H,20,21). The highest BCUT2D eigenvalue weighted by atomic mass is 16.4. The van der Waals surface area contributed by atoms with Crippen LogP contribution in [0.3, 0.4) is 0 Å². The topological polar surface area (TPSA) is 52.6 Å². The van der Waals surface area contributed by atoms with Crippen molar-refractivity contribution in [3.8, 4) is 0 Å². The molecule has 1 saturated carbocycles. The summed E-state index contributed by atoms with van der Waals surface area (Å²) >= 11 is 0. The van der Waals surface area contributed by atoms with Gasteiger partial charge in [0.15, 0.2) is 0 Å². The van der Waals surface area contributed by atoms with Gasteiger partial charge in [0.25, 0.3) is 0 Å². The van der Waals surface area contributed by atoms with Crippen LogP contribution in [0.2, 0.25) is 0 Å². The second kappa shape index (κ2) is 9.42. The van der Waals surface area contributed by atoms with E-state index in [0.29, 0.717) is 6.42 Å². The molecule has 0 aliphatic heterocycles. The minimum absolute atomic E-state index is 0.650. The highest BCUT2D eigenvalue weighted by Crippen LogP contribution is 2.27. The van der Waals surface area contributed by atoms with Gasteiger partial charge in [0, 0.05) is 6.54 Å². The lowest BCUT2D eigenvalue weighted by molar-refractivity contribution is -0.145. The molecule has 0 amide bonds. The van der Waals surface area contributed by atoms with Crippen LogP contribution in [0.5, 0.6) is 0 Å². The van der Waals surface area contributed by atoms with Crippen LogP contribution < -0.4 is 5.32 Å². The molecule has 1 fully saturated rings. The van der Waals surface area contributed by atoms with E-state index >= 15 is 0 Å². The van der Waals surface area contributed by atoms with E-state index < -0.39 is 11.5 Å². The van der Waals surface area contributed by atoms with Crippen LogP contribution in [-0.4, -0.2) is 47.7 Å². The largest absolute Gasteiger partial charge is 0.480 e. The molecule has 2 N–H and O–H groups in total. The third kappa shape index (κ3) is 5.59. The SMILES string of the molecule is CCCNC(CC)(CCCN(CC)CC1CCC1)C(=O)O. The van der Waals surface area contributed by atoms with Crippen LogP contribution in [0.15, 0.2) is 0 Å². The minimum atomic E-state index is -0.730. The lowest BCUT2D eigenvalue weighted by Gasteiger charge is -2.33. The molecule has 0 aromatic heterocycles. The first-order chi connectivity index (χ1) is 10.1. The highest BCUT2D eigenvalue weighted by molar-refractivity contribution is 5.78. The van der Waals surface area contributed by atoms with Crippen LogP contribution in [-0.2, 0) is 4.79 Å². The molecular formula is C17H34N2O2. The van der Waals surface area contributed by atoms with Gasteiger partial charge in [-0.1, -0.05) is 27.2 Å². The van der Waals surface area contributed by atoms with E-state index in [1.54, 1.807) is 0 Å². The van der Waals surface area contributed by atoms with Crippen molar-refractivity contribution < 1.29 is 9.90 Å². The normalized spacial score (nSPS) is 18.5. The molecule has 1 atom stereocenters. The number of carbonyl (C=O) groups is 1. The van der Waals surface area contributed by atoms with Gasteiger partial charge in [-0.05, 0) is 64.1 Å². The maximum Gasteiger partial charge on any atom is 0.323 e. The van der Waals surface area contributed by atoms with Gasteiger partial charge >= 0.3 is 5.97 Å². The fourth-order valence-corrected chi connectivity index (χ4v) is 3.11. The molecule has 1 aliphatic carbocycles. The minimum Gasteiger partial charge on any atom is -0.480 e. The Morgan fingerprint density at radius 2 is 2.05 bits per heavy atom. The zero-order valence-electron chi connectivity index (χ0n) is 14.2. The third-order valence-corrected chi connectivity index (χ3v) is 4.99. The second-order valence-corrected chi connectivity index (χ2v) is 6.46. The average molecular weight is 298 g/mol. The molecule has 0 aromatic rings. The van der Waals surface area contributed by atoms with Crippen molar-refractivity contribution in [2.75, 3.05) is 26.2 Å². The lowest BCUT2D eigenvalue weighted by Crippen LogP contribution is -2.52. The van der Waals surface area contributed by atoms with Crippen LogP contribution >= 0.6 is 0 Å². The average Bonchev–Trinajstić information content (AvgIpc) is 2.43. The van der Waals surface area contributed by atoms with Crippen molar-refractivity contribution in [2.45, 2.75) is 71.3 Å². The summed E-state index contributed by atoms with van der Waals surface area (Å²) in [5, 5.41) is 12.9. The van der Waals surface area contributed by atoms with Crippen LogP contribution in [0.4, 0.5) is 0 Å². The summed E-state index contributed by atoms with van der Waals surface area (Å²) in [6, 6.07) is 0. The number of nitrogens with one attached hydrogen (secondary N) is 1. The van der Waals surface area contributed by atoms with Crippen molar-refractivity contribution in [3.05, 3.63) is 0 Å². The molecule has 0 saturated heterocycles. The fraction of sp³-hybridized carbons (Fsp3) is 0.941. The monoisotopic (exact) mass is 298 g/mol. The maximum absolute atomic E-state index is 11.7. The van der Waals surface area contributed by atoms with Gasteiger partial charge in [-0.2, -0.15) is 0 Å². The molecule has 0 radical (unpaired) electrons. The van der Waals surface area contributed by atoms with Crippen molar-refractivity contribution in [1.29, 1.82) is 0 Å². The molecule has 0 bridgehead atoms. The number of carboxylic acids is 1. The summed E-state index contributed by atoms with van der Waals surface area (Å²) in [5.74, 6) is 0.194. The summed E-state index contributed by atoms with van der Waals surface area (Å²) in [5.41, 5.74) is -0.730. The second-order valence-electron chi connectivity index (χ2n) is 6.46. The van der Waals surface area contributed by atoms with E-state index in [1.807, 2.05) is 6.92 Å². The highest BCUT2D eigenvalue weighted by Gasteiger charge is 2.35. The van der Waals surface area contributed by atoms with E-state index in [2.05, 4.69) is 24.1 Å². The molecule has 1 rings (SSSR count). The van der Waals surface area contributed by atoms with Gasteiger partial charge in [-0.15, -0.1) is 0 Å². The number of rotatable bonds is 12. The van der Waals surface area contributed by atoms with E-state index in [9.17, 15) is 9.90 Å². The Kier molecular flexibility index (Phi) is 8.27. The Bertz CT molecular complexity index is 305. The Labute approximate surface area is 130 Å². The molecule has 4 nitrogen and oxygen atoms in total. The smallest absolute Gasteiger partial charge is 0.323 e. The molecule has 4 heteroatoms. The quantitative estimate of drug-likeness (QED) is 0.581. The molecule has 0 heterocycles. The van der Waals surface area contributed by atoms with E-state index in [4.69, 9.17) is 0 Å². The van der Waals surface area contributed by atoms with Crippen molar-refractivity contribution in [1.82, 2.24) is 10.2 Å². The first-order valence-electron chi connectivity index (χ1n) is 8.78. The van der Waals surface area contributed by atoms with Crippen molar-refractivity contribution in [3.63, 3.8) is 0 Å². The Hall–Kier alpha value is -0.610. The van der Waals surface area contributed by atoms with Gasteiger partial charge in [0.2, 0.25) is 0 Å². The molecule has 124 valence electrons. The Morgan fingerprint density at radius 3 is 2.48 bits per heavy atom. The Balaban J connectivity index is 2.41. The zero-order valence-corrected chi connectivity index (χ0v) is 14.2. The van der Waals surface area contributed by atoms with E-state index in [1.165, 1.54) is 25.8 Å². The molecule has 21 heavy (non-hydrogen) atoms. The van der Waals surface area contributed by atoms with Crippen LogP contribution in [0, 0.1) is 5.92 Å². The van der Waals surface area contributed by atoms with E-state index in [-0.39, 0.29) is 0 Å². The van der Waals surface area contributed by atoms with Crippen molar-refractivity contribution >= 4 is 5.97 Å². The molecular weight excluding hydrogens is 264 g/mol. The van der Waals surface area contributed by atoms with Gasteiger partial charge < -0.3 is 15.3 Å². The fourth-order valence-electron chi connectivity index (χ4n) is 3.11. The summed E-state index contributed by atoms with van der Waals surface area (Å²) < 4.78 is 0. The number of nitrogens with zero attached hydrogens (tertiary/aromatic N) is 1. The predicted molar refractivity (Wildman–Crippen MR) is 87.6 cm³/mol. The summed E-state index contributed by atoms with van der Waals surface area (Å²) in [4.78, 5) is 14.2. The first kappa shape index (κ1) is 18.4. The van der Waals surface area contributed by atoms with Crippen LogP contribution in [0.1, 0.15) is 65.7 Å². The zero-order chi connectivity index (χ0) is 15.7. The summed E-state index contributed by atoms with van der Waals surface area (Å²) in [6.45, 7) is 10.3. The number of aliphatic carboxylic acids is 1. The van der Waals surface area contributed by atoms with Gasteiger partial charge in [-0.25, -0.2) is 0 Å². The maximum atomic E-state index is 11.7. The lowest BCUT2D eigenvalue weighted by atomic mass is 9.85. The van der Waals surface area contributed by atoms with Gasteiger partial charge in [0.05, 0.1) is 0 Å². The number of hydrogen-bond acceptors (Lipinski definition) is 3.